The quantitative estimate of drug-likeness (QED) is 0.355. The van der Waals surface area contributed by atoms with Gasteiger partial charge in [0.25, 0.3) is 15.7 Å². The van der Waals surface area contributed by atoms with Gasteiger partial charge in [0.05, 0.1) is 18.1 Å². The Bertz CT molecular complexity index is 779. The lowest BCUT2D eigenvalue weighted by Crippen LogP contribution is -2.24. The number of ether oxygens (including phenoxy) is 3. The van der Waals surface area contributed by atoms with E-state index in [2.05, 4.69) is 9.71 Å². The predicted molar refractivity (Wildman–Crippen MR) is 92.9 cm³/mol. The third-order valence-corrected chi connectivity index (χ3v) is 5.04. The van der Waals surface area contributed by atoms with Crippen LogP contribution in [-0.2, 0) is 24.2 Å². The summed E-state index contributed by atoms with van der Waals surface area (Å²) in [6.45, 7) is 1.60. The highest BCUT2D eigenvalue weighted by Gasteiger charge is 2.32. The molecule has 1 aromatic rings. The second-order valence-electron chi connectivity index (χ2n) is 5.51. The number of benzene rings is 1. The summed E-state index contributed by atoms with van der Waals surface area (Å²) < 4.78 is 42.1. The number of sulfonamides is 1. The van der Waals surface area contributed by atoms with E-state index in [1.807, 2.05) is 0 Å². The Morgan fingerprint density at radius 1 is 1.31 bits per heavy atom. The van der Waals surface area contributed by atoms with Gasteiger partial charge in [-0.05, 0) is 12.5 Å². The van der Waals surface area contributed by atoms with Gasteiger partial charge < -0.3 is 14.2 Å². The van der Waals surface area contributed by atoms with Crippen molar-refractivity contribution < 1.29 is 27.6 Å². The fourth-order valence-corrected chi connectivity index (χ4v) is 3.61. The minimum atomic E-state index is -3.83. The zero-order chi connectivity index (χ0) is 19.2. The maximum Gasteiger partial charge on any atom is 0.270 e. The van der Waals surface area contributed by atoms with E-state index in [1.54, 1.807) is 14.2 Å². The summed E-state index contributed by atoms with van der Waals surface area (Å²) in [5, 5.41) is 10.8. The molecule has 0 aromatic heterocycles. The van der Waals surface area contributed by atoms with Gasteiger partial charge in [0.1, 0.15) is 16.8 Å². The van der Waals surface area contributed by atoms with E-state index in [4.69, 9.17) is 14.2 Å². The first-order valence-corrected chi connectivity index (χ1v) is 9.33. The maximum atomic E-state index is 12.1. The molecular weight excluding hydrogens is 366 g/mol. The summed E-state index contributed by atoms with van der Waals surface area (Å²) in [5.74, 6) is 0.184. The van der Waals surface area contributed by atoms with E-state index in [0.29, 0.717) is 38.3 Å². The van der Waals surface area contributed by atoms with Crippen LogP contribution in [-0.4, -0.2) is 65.9 Å². The Kier molecular flexibility index (Phi) is 7.03. The summed E-state index contributed by atoms with van der Waals surface area (Å²) in [5.41, 5.74) is 0.0450. The molecule has 0 radical (unpaired) electrons. The fraction of sp³-hybridized carbons (Fsp3) is 0.533. The molecule has 0 saturated carbocycles. The Balaban J connectivity index is 1.92. The van der Waals surface area contributed by atoms with Crippen LogP contribution in [0.2, 0.25) is 0 Å². The molecule has 0 saturated heterocycles. The first kappa shape index (κ1) is 20.2. The van der Waals surface area contributed by atoms with E-state index < -0.39 is 14.9 Å². The zero-order valence-corrected chi connectivity index (χ0v) is 15.3. The fourth-order valence-electron chi connectivity index (χ4n) is 2.34. The van der Waals surface area contributed by atoms with Crippen LogP contribution in [0.25, 0.3) is 0 Å². The Morgan fingerprint density at radius 3 is 2.73 bits per heavy atom. The largest absolute Gasteiger partial charge is 0.382 e. The number of nitro benzene ring substituents is 1. The summed E-state index contributed by atoms with van der Waals surface area (Å²) in [6.07, 6.45) is 0.437. The van der Waals surface area contributed by atoms with Gasteiger partial charge >= 0.3 is 0 Å². The van der Waals surface area contributed by atoms with Crippen molar-refractivity contribution in [3.63, 3.8) is 0 Å². The second kappa shape index (κ2) is 9.03. The van der Waals surface area contributed by atoms with Crippen molar-refractivity contribution in [2.45, 2.75) is 17.4 Å². The average molecular weight is 387 g/mol. The van der Waals surface area contributed by atoms with Crippen LogP contribution in [0.15, 0.2) is 28.1 Å². The number of hydrogen-bond acceptors (Lipinski definition) is 8. The number of fused-ring (bicyclic) bond motifs is 1. The second-order valence-corrected chi connectivity index (χ2v) is 7.17. The monoisotopic (exact) mass is 387 g/mol. The highest BCUT2D eigenvalue weighted by atomic mass is 32.2. The molecule has 1 aliphatic rings. The van der Waals surface area contributed by atoms with Crippen molar-refractivity contribution in [2.75, 3.05) is 40.6 Å². The Morgan fingerprint density at radius 2 is 2.08 bits per heavy atom. The van der Waals surface area contributed by atoms with Crippen molar-refractivity contribution in [1.29, 1.82) is 0 Å². The van der Waals surface area contributed by atoms with E-state index in [1.165, 1.54) is 12.1 Å². The SMILES string of the molecule is COC[C@H](COCCCN=C1NS(=O)(=O)c2cc([N+](=O)[O-])ccc21)OC. The summed E-state index contributed by atoms with van der Waals surface area (Å²) in [6, 6.07) is 3.67. The molecular formula is C15H21N3O7S. The van der Waals surface area contributed by atoms with Crippen molar-refractivity contribution in [3.05, 3.63) is 33.9 Å². The maximum absolute atomic E-state index is 12.1. The third-order valence-electron chi connectivity index (χ3n) is 3.66. The van der Waals surface area contributed by atoms with Gasteiger partial charge in [0.15, 0.2) is 0 Å². The number of nitrogens with one attached hydrogen (secondary N) is 1. The van der Waals surface area contributed by atoms with Gasteiger partial charge in [0, 0.05) is 45.1 Å². The number of nitrogens with zero attached hydrogens (tertiary/aromatic N) is 2. The molecule has 1 aromatic carbocycles. The molecule has 1 atom stereocenters. The highest BCUT2D eigenvalue weighted by molar-refractivity contribution is 7.90. The van der Waals surface area contributed by atoms with Gasteiger partial charge in [-0.25, -0.2) is 8.42 Å². The van der Waals surface area contributed by atoms with E-state index in [-0.39, 0.29) is 22.5 Å². The van der Waals surface area contributed by atoms with Crippen LogP contribution in [0.5, 0.6) is 0 Å². The van der Waals surface area contributed by atoms with Gasteiger partial charge in [-0.1, -0.05) is 0 Å². The number of nitro groups is 1. The van der Waals surface area contributed by atoms with Gasteiger partial charge in [0.2, 0.25) is 0 Å². The minimum Gasteiger partial charge on any atom is -0.382 e. The van der Waals surface area contributed by atoms with Crippen LogP contribution < -0.4 is 4.72 Å². The topological polar surface area (TPSA) is 129 Å². The zero-order valence-electron chi connectivity index (χ0n) is 14.5. The average Bonchev–Trinajstić information content (AvgIpc) is 2.87. The van der Waals surface area contributed by atoms with Crippen LogP contribution in [0.1, 0.15) is 12.0 Å². The van der Waals surface area contributed by atoms with Crippen LogP contribution in [0.3, 0.4) is 0 Å². The van der Waals surface area contributed by atoms with Crippen molar-refractivity contribution in [3.8, 4) is 0 Å². The minimum absolute atomic E-state index is 0.135. The standard InChI is InChI=1S/C15H21N3O7S/c1-23-9-12(24-2)10-25-7-3-6-16-15-13-5-4-11(18(19)20)8-14(13)26(21,22)17-15/h4-5,8,12H,3,6-7,9-10H2,1-2H3,(H,16,17)/t12-/m1/s1. The van der Waals surface area contributed by atoms with Crippen LogP contribution in [0, 0.1) is 10.1 Å². The first-order valence-electron chi connectivity index (χ1n) is 7.84. The molecule has 1 aliphatic heterocycles. The van der Waals surface area contributed by atoms with E-state index >= 15 is 0 Å². The van der Waals surface area contributed by atoms with Crippen molar-refractivity contribution in [1.82, 2.24) is 4.72 Å². The lowest BCUT2D eigenvalue weighted by molar-refractivity contribution is -0.385. The number of methoxy groups -OCH3 is 2. The third kappa shape index (κ3) is 4.97. The molecule has 0 bridgehead atoms. The molecule has 1 N–H and O–H groups in total. The van der Waals surface area contributed by atoms with Crippen LogP contribution in [0.4, 0.5) is 5.69 Å². The summed E-state index contributed by atoms with van der Waals surface area (Å²) in [7, 11) is -0.669. The number of hydrogen-bond donors (Lipinski definition) is 1. The molecule has 0 fully saturated rings. The Hall–Kier alpha value is -2.08. The van der Waals surface area contributed by atoms with E-state index in [0.717, 1.165) is 6.07 Å². The molecule has 10 nitrogen and oxygen atoms in total. The van der Waals surface area contributed by atoms with Gasteiger partial charge in [-0.15, -0.1) is 0 Å². The lowest BCUT2D eigenvalue weighted by Gasteiger charge is -2.14. The van der Waals surface area contributed by atoms with E-state index in [9.17, 15) is 18.5 Å². The molecule has 11 heteroatoms. The number of aliphatic imine (C=N–C) groups is 1. The first-order chi connectivity index (χ1) is 12.4. The molecule has 0 spiro atoms. The number of non-ortho nitro benzene ring substituents is 1. The predicted octanol–water partition coefficient (Wildman–Crippen LogP) is 0.701. The Labute approximate surface area is 151 Å². The molecule has 2 rings (SSSR count). The van der Waals surface area contributed by atoms with Crippen molar-refractivity contribution in [2.24, 2.45) is 4.99 Å². The molecule has 1 heterocycles. The molecule has 144 valence electrons. The normalized spacial score (nSPS) is 17.7. The van der Waals surface area contributed by atoms with Gasteiger partial charge in [-0.2, -0.15) is 0 Å². The van der Waals surface area contributed by atoms with Crippen LogP contribution >= 0.6 is 0 Å². The molecule has 0 amide bonds. The summed E-state index contributed by atoms with van der Waals surface area (Å²) >= 11 is 0. The van der Waals surface area contributed by atoms with Crippen molar-refractivity contribution >= 4 is 21.5 Å². The highest BCUT2D eigenvalue weighted by Crippen LogP contribution is 2.27. The summed E-state index contributed by atoms with van der Waals surface area (Å²) in [4.78, 5) is 14.3. The number of amidine groups is 1. The van der Waals surface area contributed by atoms with Gasteiger partial charge in [-0.3, -0.25) is 19.8 Å². The molecule has 0 unspecified atom stereocenters. The lowest BCUT2D eigenvalue weighted by atomic mass is 10.2. The smallest absolute Gasteiger partial charge is 0.270 e. The number of rotatable bonds is 10. The molecule has 26 heavy (non-hydrogen) atoms. The molecule has 0 aliphatic carbocycles.